The van der Waals surface area contributed by atoms with E-state index in [-0.39, 0.29) is 6.42 Å². The number of carboxylic acids is 1. The van der Waals surface area contributed by atoms with Crippen molar-refractivity contribution in [1.29, 1.82) is 0 Å². The van der Waals surface area contributed by atoms with Crippen LogP contribution in [0, 0.1) is 0 Å². The fourth-order valence-electron chi connectivity index (χ4n) is 1.46. The molecule has 0 unspecified atom stereocenters. The average Bonchev–Trinajstić information content (AvgIpc) is 2.34. The number of nitrogens with two attached hydrogens (primary N) is 1. The zero-order chi connectivity index (χ0) is 13.4. The first-order valence-corrected chi connectivity index (χ1v) is 5.84. The van der Waals surface area contributed by atoms with E-state index in [2.05, 4.69) is 0 Å². The molecular weight excluding hydrogens is 234 g/mol. The number of rotatable bonds is 8. The Morgan fingerprint density at radius 2 is 1.78 bits per heavy atom. The first-order chi connectivity index (χ1) is 8.59. The lowest BCUT2D eigenvalue weighted by Gasteiger charge is -2.06. The van der Waals surface area contributed by atoms with Gasteiger partial charge in [-0.15, -0.1) is 0 Å². The van der Waals surface area contributed by atoms with E-state index in [1.165, 1.54) is 0 Å². The second-order valence-corrected chi connectivity index (χ2v) is 3.94. The summed E-state index contributed by atoms with van der Waals surface area (Å²) in [4.78, 5) is 21.1. The second-order valence-electron chi connectivity index (χ2n) is 3.94. The van der Waals surface area contributed by atoms with E-state index in [1.807, 2.05) is 0 Å². The fraction of sp³-hybridized carbons (Fsp3) is 0.385. The third-order valence-corrected chi connectivity index (χ3v) is 2.44. The van der Waals surface area contributed by atoms with Gasteiger partial charge >= 0.3 is 5.97 Å². The van der Waals surface area contributed by atoms with Gasteiger partial charge in [-0.1, -0.05) is 0 Å². The number of benzene rings is 1. The molecule has 1 aromatic carbocycles. The number of ether oxygens (including phenoxy) is 1. The Labute approximate surface area is 106 Å². The quantitative estimate of drug-likeness (QED) is 0.689. The summed E-state index contributed by atoms with van der Waals surface area (Å²) in [6, 6.07) is 6.61. The van der Waals surface area contributed by atoms with E-state index < -0.39 is 11.9 Å². The van der Waals surface area contributed by atoms with Gasteiger partial charge in [0, 0.05) is 12.0 Å². The number of aliphatic carboxylic acids is 1. The van der Waals surface area contributed by atoms with Crippen LogP contribution >= 0.6 is 0 Å². The van der Waals surface area contributed by atoms with Crippen LogP contribution in [0.1, 0.15) is 36.0 Å². The van der Waals surface area contributed by atoms with Crippen LogP contribution in [0.4, 0.5) is 0 Å². The number of hydrogen-bond donors (Lipinski definition) is 2. The van der Waals surface area contributed by atoms with Crippen molar-refractivity contribution in [2.75, 3.05) is 6.61 Å². The van der Waals surface area contributed by atoms with Gasteiger partial charge in [-0.2, -0.15) is 0 Å². The molecule has 0 aliphatic rings. The minimum atomic E-state index is -0.766. The summed E-state index contributed by atoms with van der Waals surface area (Å²) >= 11 is 0. The van der Waals surface area contributed by atoms with Crippen LogP contribution in [0.25, 0.3) is 0 Å². The first-order valence-electron chi connectivity index (χ1n) is 5.84. The van der Waals surface area contributed by atoms with Crippen LogP contribution in [0.15, 0.2) is 24.3 Å². The zero-order valence-electron chi connectivity index (χ0n) is 10.1. The highest BCUT2D eigenvalue weighted by atomic mass is 16.5. The summed E-state index contributed by atoms with van der Waals surface area (Å²) in [6.45, 7) is 0.537. The predicted octanol–water partition coefficient (Wildman–Crippen LogP) is 1.81. The Morgan fingerprint density at radius 3 is 2.33 bits per heavy atom. The molecule has 0 spiro atoms. The molecule has 1 rings (SSSR count). The average molecular weight is 251 g/mol. The highest BCUT2D eigenvalue weighted by Crippen LogP contribution is 2.12. The standard InChI is InChI=1S/C13H17NO4/c14-13(17)10-5-7-11(8-6-10)18-9-3-1-2-4-12(15)16/h5-8H,1-4,9H2,(H2,14,17)(H,15,16). The van der Waals surface area contributed by atoms with Gasteiger partial charge in [-0.25, -0.2) is 0 Å². The largest absolute Gasteiger partial charge is 0.494 e. The van der Waals surface area contributed by atoms with Crippen molar-refractivity contribution in [3.05, 3.63) is 29.8 Å². The van der Waals surface area contributed by atoms with Crippen LogP contribution in [-0.4, -0.2) is 23.6 Å². The van der Waals surface area contributed by atoms with Crippen molar-refractivity contribution in [2.24, 2.45) is 5.73 Å². The number of unbranched alkanes of at least 4 members (excludes halogenated alkanes) is 2. The Hall–Kier alpha value is -2.04. The van der Waals surface area contributed by atoms with E-state index in [4.69, 9.17) is 15.6 Å². The number of primary amides is 1. The molecule has 1 aromatic rings. The molecule has 0 aliphatic heterocycles. The minimum absolute atomic E-state index is 0.202. The molecule has 0 bridgehead atoms. The molecule has 18 heavy (non-hydrogen) atoms. The third-order valence-electron chi connectivity index (χ3n) is 2.44. The lowest BCUT2D eigenvalue weighted by atomic mass is 10.2. The summed E-state index contributed by atoms with van der Waals surface area (Å²) in [5.74, 6) is -0.550. The smallest absolute Gasteiger partial charge is 0.303 e. The van der Waals surface area contributed by atoms with E-state index in [1.54, 1.807) is 24.3 Å². The molecule has 3 N–H and O–H groups in total. The number of carbonyl (C=O) groups is 2. The molecule has 0 atom stereocenters. The third kappa shape index (κ3) is 5.34. The molecule has 5 heteroatoms. The molecule has 5 nitrogen and oxygen atoms in total. The highest BCUT2D eigenvalue weighted by molar-refractivity contribution is 5.92. The number of hydrogen-bond acceptors (Lipinski definition) is 3. The number of amides is 1. The maximum atomic E-state index is 10.8. The van der Waals surface area contributed by atoms with E-state index in [0.717, 1.165) is 12.8 Å². The number of carbonyl (C=O) groups excluding carboxylic acids is 1. The fourth-order valence-corrected chi connectivity index (χ4v) is 1.46. The molecule has 0 aliphatic carbocycles. The van der Waals surface area contributed by atoms with Gasteiger partial charge in [-0.05, 0) is 43.5 Å². The van der Waals surface area contributed by atoms with Crippen molar-refractivity contribution in [3.8, 4) is 5.75 Å². The van der Waals surface area contributed by atoms with Gasteiger partial charge < -0.3 is 15.6 Å². The Balaban J connectivity index is 2.19. The molecule has 98 valence electrons. The van der Waals surface area contributed by atoms with Crippen molar-refractivity contribution >= 4 is 11.9 Å². The molecule has 0 radical (unpaired) electrons. The van der Waals surface area contributed by atoms with Crippen molar-refractivity contribution in [3.63, 3.8) is 0 Å². The summed E-state index contributed by atoms with van der Waals surface area (Å²) in [5, 5.41) is 8.45. The first kappa shape index (κ1) is 14.0. The SMILES string of the molecule is NC(=O)c1ccc(OCCCCCC(=O)O)cc1. The van der Waals surface area contributed by atoms with Crippen LogP contribution in [0.2, 0.25) is 0 Å². The molecule has 0 heterocycles. The van der Waals surface area contributed by atoms with Crippen molar-refractivity contribution in [2.45, 2.75) is 25.7 Å². The summed E-state index contributed by atoms with van der Waals surface area (Å²) in [5.41, 5.74) is 5.56. The topological polar surface area (TPSA) is 89.6 Å². The molecule has 0 saturated carbocycles. The van der Waals surface area contributed by atoms with Gasteiger partial charge in [0.2, 0.25) is 5.91 Å². The van der Waals surface area contributed by atoms with Crippen LogP contribution in [0.5, 0.6) is 5.75 Å². The summed E-state index contributed by atoms with van der Waals surface area (Å²) < 4.78 is 5.45. The Kier molecular flexibility index (Phi) is 5.70. The molecular formula is C13H17NO4. The van der Waals surface area contributed by atoms with Crippen molar-refractivity contribution < 1.29 is 19.4 Å². The second kappa shape index (κ2) is 7.32. The summed E-state index contributed by atoms with van der Waals surface area (Å²) in [6.07, 6.45) is 2.50. The Bertz CT molecular complexity index is 400. The maximum Gasteiger partial charge on any atom is 0.303 e. The molecule has 1 amide bonds. The van der Waals surface area contributed by atoms with Crippen LogP contribution < -0.4 is 10.5 Å². The van der Waals surface area contributed by atoms with E-state index in [0.29, 0.717) is 24.3 Å². The maximum absolute atomic E-state index is 10.8. The molecule has 0 saturated heterocycles. The number of carboxylic acid groups (broad SMARTS) is 1. The molecule has 0 aromatic heterocycles. The van der Waals surface area contributed by atoms with Gasteiger partial charge in [0.1, 0.15) is 5.75 Å². The minimum Gasteiger partial charge on any atom is -0.494 e. The van der Waals surface area contributed by atoms with Gasteiger partial charge in [0.05, 0.1) is 6.61 Å². The van der Waals surface area contributed by atoms with Crippen LogP contribution in [-0.2, 0) is 4.79 Å². The summed E-state index contributed by atoms with van der Waals surface area (Å²) in [7, 11) is 0. The van der Waals surface area contributed by atoms with Gasteiger partial charge in [0.25, 0.3) is 0 Å². The zero-order valence-corrected chi connectivity index (χ0v) is 10.1. The van der Waals surface area contributed by atoms with Gasteiger partial charge in [0.15, 0.2) is 0 Å². The van der Waals surface area contributed by atoms with E-state index >= 15 is 0 Å². The van der Waals surface area contributed by atoms with Gasteiger partial charge in [-0.3, -0.25) is 9.59 Å². The Morgan fingerprint density at radius 1 is 1.11 bits per heavy atom. The highest BCUT2D eigenvalue weighted by Gasteiger charge is 2.00. The van der Waals surface area contributed by atoms with Crippen LogP contribution in [0.3, 0.4) is 0 Å². The van der Waals surface area contributed by atoms with E-state index in [9.17, 15) is 9.59 Å². The lowest BCUT2D eigenvalue weighted by molar-refractivity contribution is -0.137. The lowest BCUT2D eigenvalue weighted by Crippen LogP contribution is -2.10. The predicted molar refractivity (Wildman–Crippen MR) is 66.6 cm³/mol. The molecule has 0 fully saturated rings. The monoisotopic (exact) mass is 251 g/mol. The van der Waals surface area contributed by atoms with Crippen molar-refractivity contribution in [1.82, 2.24) is 0 Å². The normalized spacial score (nSPS) is 10.0.